The standard InChI is InChI=1S/C15H17N3O2/c1-19-12-5-2-4-11(8-12)15-17-9-13(10-18-15)20-14-6-3-7-16-14/h2,4-5,8-10,14,16H,3,6-7H2,1H3. The number of ether oxygens (including phenoxy) is 2. The second-order valence-electron chi connectivity index (χ2n) is 4.68. The summed E-state index contributed by atoms with van der Waals surface area (Å²) in [7, 11) is 1.64. The number of rotatable bonds is 4. The molecule has 0 radical (unpaired) electrons. The molecule has 20 heavy (non-hydrogen) atoms. The van der Waals surface area contributed by atoms with Crippen LogP contribution in [0.5, 0.6) is 11.5 Å². The molecule has 1 unspecified atom stereocenters. The maximum absolute atomic E-state index is 5.75. The Morgan fingerprint density at radius 2 is 2.05 bits per heavy atom. The van der Waals surface area contributed by atoms with E-state index in [1.165, 1.54) is 0 Å². The Morgan fingerprint density at radius 1 is 1.20 bits per heavy atom. The molecule has 1 fully saturated rings. The summed E-state index contributed by atoms with van der Waals surface area (Å²) in [5, 5.41) is 3.27. The lowest BCUT2D eigenvalue weighted by molar-refractivity contribution is 0.186. The first-order valence-corrected chi connectivity index (χ1v) is 6.72. The summed E-state index contributed by atoms with van der Waals surface area (Å²) in [4.78, 5) is 8.69. The molecule has 0 spiro atoms. The highest BCUT2D eigenvalue weighted by Crippen LogP contribution is 2.22. The van der Waals surface area contributed by atoms with Gasteiger partial charge in [-0.05, 0) is 31.5 Å². The van der Waals surface area contributed by atoms with Gasteiger partial charge in [-0.15, -0.1) is 0 Å². The molecule has 1 aliphatic rings. The zero-order chi connectivity index (χ0) is 13.8. The van der Waals surface area contributed by atoms with Gasteiger partial charge in [-0.25, -0.2) is 9.97 Å². The lowest BCUT2D eigenvalue weighted by Gasteiger charge is -2.12. The average molecular weight is 271 g/mol. The quantitative estimate of drug-likeness (QED) is 0.924. The molecule has 2 aromatic rings. The number of methoxy groups -OCH3 is 1. The molecule has 1 aliphatic heterocycles. The summed E-state index contributed by atoms with van der Waals surface area (Å²) >= 11 is 0. The molecule has 1 saturated heterocycles. The molecule has 1 aromatic carbocycles. The van der Waals surface area contributed by atoms with E-state index in [2.05, 4.69) is 15.3 Å². The van der Waals surface area contributed by atoms with Crippen molar-refractivity contribution in [2.24, 2.45) is 0 Å². The van der Waals surface area contributed by atoms with Crippen molar-refractivity contribution in [1.29, 1.82) is 0 Å². The fraction of sp³-hybridized carbons (Fsp3) is 0.333. The minimum atomic E-state index is 0.0845. The van der Waals surface area contributed by atoms with Crippen LogP contribution in [-0.2, 0) is 0 Å². The van der Waals surface area contributed by atoms with E-state index in [1.54, 1.807) is 19.5 Å². The van der Waals surface area contributed by atoms with Crippen LogP contribution >= 0.6 is 0 Å². The highest BCUT2D eigenvalue weighted by Gasteiger charge is 2.15. The number of benzene rings is 1. The molecule has 3 rings (SSSR count). The van der Waals surface area contributed by atoms with Crippen molar-refractivity contribution in [1.82, 2.24) is 15.3 Å². The van der Waals surface area contributed by atoms with Gasteiger partial charge in [0, 0.05) is 5.56 Å². The molecule has 104 valence electrons. The van der Waals surface area contributed by atoms with Gasteiger partial charge in [0.25, 0.3) is 0 Å². The Labute approximate surface area is 118 Å². The lowest BCUT2D eigenvalue weighted by atomic mass is 10.2. The fourth-order valence-corrected chi connectivity index (χ4v) is 2.21. The maximum atomic E-state index is 5.75. The minimum absolute atomic E-state index is 0.0845. The third-order valence-electron chi connectivity index (χ3n) is 3.25. The van der Waals surface area contributed by atoms with Gasteiger partial charge < -0.3 is 9.47 Å². The van der Waals surface area contributed by atoms with Crippen molar-refractivity contribution in [2.75, 3.05) is 13.7 Å². The summed E-state index contributed by atoms with van der Waals surface area (Å²) in [6.45, 7) is 1.01. The molecule has 5 nitrogen and oxygen atoms in total. The summed E-state index contributed by atoms with van der Waals surface area (Å²) in [5.74, 6) is 2.15. The number of nitrogens with one attached hydrogen (secondary N) is 1. The van der Waals surface area contributed by atoms with Crippen molar-refractivity contribution >= 4 is 0 Å². The van der Waals surface area contributed by atoms with Crippen LogP contribution in [0.15, 0.2) is 36.7 Å². The number of hydrogen-bond donors (Lipinski definition) is 1. The van der Waals surface area contributed by atoms with Gasteiger partial charge >= 0.3 is 0 Å². The third kappa shape index (κ3) is 2.88. The fourth-order valence-electron chi connectivity index (χ4n) is 2.21. The van der Waals surface area contributed by atoms with Gasteiger partial charge in [-0.3, -0.25) is 5.32 Å². The predicted molar refractivity (Wildman–Crippen MR) is 75.7 cm³/mol. The van der Waals surface area contributed by atoms with Crippen LogP contribution in [0, 0.1) is 0 Å². The van der Waals surface area contributed by atoms with Gasteiger partial charge in [0.1, 0.15) is 12.0 Å². The Hall–Kier alpha value is -2.14. The largest absolute Gasteiger partial charge is 0.497 e. The molecule has 0 bridgehead atoms. The second-order valence-corrected chi connectivity index (χ2v) is 4.68. The highest BCUT2D eigenvalue weighted by molar-refractivity contribution is 5.57. The molecular formula is C15H17N3O2. The van der Waals surface area contributed by atoms with E-state index in [1.807, 2.05) is 24.3 Å². The zero-order valence-corrected chi connectivity index (χ0v) is 11.4. The van der Waals surface area contributed by atoms with Crippen molar-refractivity contribution < 1.29 is 9.47 Å². The van der Waals surface area contributed by atoms with Crippen LogP contribution in [-0.4, -0.2) is 29.9 Å². The second kappa shape index (κ2) is 5.88. The normalized spacial score (nSPS) is 17.9. The zero-order valence-electron chi connectivity index (χ0n) is 11.4. The monoisotopic (exact) mass is 271 g/mol. The molecule has 0 aliphatic carbocycles. The maximum Gasteiger partial charge on any atom is 0.159 e. The Kier molecular flexibility index (Phi) is 3.78. The van der Waals surface area contributed by atoms with E-state index in [-0.39, 0.29) is 6.23 Å². The van der Waals surface area contributed by atoms with Crippen LogP contribution in [0.1, 0.15) is 12.8 Å². The van der Waals surface area contributed by atoms with Crippen molar-refractivity contribution in [3.8, 4) is 22.9 Å². The van der Waals surface area contributed by atoms with Gasteiger partial charge in [0.15, 0.2) is 11.6 Å². The summed E-state index contributed by atoms with van der Waals surface area (Å²) in [6, 6.07) is 7.68. The first kappa shape index (κ1) is 12.9. The number of aromatic nitrogens is 2. The first-order chi connectivity index (χ1) is 9.85. The van der Waals surface area contributed by atoms with Gasteiger partial charge in [-0.1, -0.05) is 12.1 Å². The molecule has 1 aromatic heterocycles. The predicted octanol–water partition coefficient (Wildman–Crippen LogP) is 2.24. The smallest absolute Gasteiger partial charge is 0.159 e. The third-order valence-corrected chi connectivity index (χ3v) is 3.25. The van der Waals surface area contributed by atoms with Crippen LogP contribution in [0.4, 0.5) is 0 Å². The SMILES string of the molecule is COc1cccc(-c2ncc(OC3CCCN3)cn2)c1. The van der Waals surface area contributed by atoms with E-state index in [0.29, 0.717) is 11.6 Å². The molecular weight excluding hydrogens is 254 g/mol. The summed E-state index contributed by atoms with van der Waals surface area (Å²) in [6.07, 6.45) is 5.68. The molecule has 2 heterocycles. The molecule has 1 N–H and O–H groups in total. The minimum Gasteiger partial charge on any atom is -0.497 e. The molecule has 0 saturated carbocycles. The lowest BCUT2D eigenvalue weighted by Crippen LogP contribution is -2.27. The van der Waals surface area contributed by atoms with Gasteiger partial charge in [0.2, 0.25) is 0 Å². The Balaban J connectivity index is 1.74. The van der Waals surface area contributed by atoms with Crippen molar-refractivity contribution in [2.45, 2.75) is 19.1 Å². The Bertz CT molecular complexity index is 566. The van der Waals surface area contributed by atoms with Gasteiger partial charge in [0.05, 0.1) is 19.5 Å². The van der Waals surface area contributed by atoms with E-state index < -0.39 is 0 Å². The van der Waals surface area contributed by atoms with E-state index in [9.17, 15) is 0 Å². The van der Waals surface area contributed by atoms with Crippen LogP contribution in [0.3, 0.4) is 0 Å². The topological polar surface area (TPSA) is 56.3 Å². The molecule has 1 atom stereocenters. The number of nitrogens with zero attached hydrogens (tertiary/aromatic N) is 2. The van der Waals surface area contributed by atoms with E-state index in [0.717, 1.165) is 30.7 Å². The van der Waals surface area contributed by atoms with Crippen molar-refractivity contribution in [3.05, 3.63) is 36.7 Å². The molecule has 0 amide bonds. The molecule has 5 heteroatoms. The van der Waals surface area contributed by atoms with Crippen LogP contribution < -0.4 is 14.8 Å². The van der Waals surface area contributed by atoms with Crippen LogP contribution in [0.25, 0.3) is 11.4 Å². The van der Waals surface area contributed by atoms with Crippen LogP contribution in [0.2, 0.25) is 0 Å². The van der Waals surface area contributed by atoms with Gasteiger partial charge in [-0.2, -0.15) is 0 Å². The average Bonchev–Trinajstić information content (AvgIpc) is 3.01. The summed E-state index contributed by atoms with van der Waals surface area (Å²) < 4.78 is 11.0. The van der Waals surface area contributed by atoms with E-state index >= 15 is 0 Å². The highest BCUT2D eigenvalue weighted by atomic mass is 16.5. The van der Waals surface area contributed by atoms with Crippen molar-refractivity contribution in [3.63, 3.8) is 0 Å². The summed E-state index contributed by atoms with van der Waals surface area (Å²) in [5.41, 5.74) is 0.926. The Morgan fingerprint density at radius 3 is 2.75 bits per heavy atom. The van der Waals surface area contributed by atoms with E-state index in [4.69, 9.17) is 9.47 Å². The first-order valence-electron chi connectivity index (χ1n) is 6.72. The number of hydrogen-bond acceptors (Lipinski definition) is 5.